The molecule has 3 amide bonds. The summed E-state index contributed by atoms with van der Waals surface area (Å²) in [5, 5.41) is 4.19. The maximum absolute atomic E-state index is 13.6. The first-order chi connectivity index (χ1) is 13.5. The Bertz CT molecular complexity index is 986. The summed E-state index contributed by atoms with van der Waals surface area (Å²) in [6.45, 7) is 0. The summed E-state index contributed by atoms with van der Waals surface area (Å²) < 4.78 is 32.3. The zero-order chi connectivity index (χ0) is 20.1. The van der Waals surface area contributed by atoms with Crippen LogP contribution in [0.3, 0.4) is 0 Å². The number of imide groups is 1. The third-order valence-electron chi connectivity index (χ3n) is 3.85. The van der Waals surface area contributed by atoms with Crippen molar-refractivity contribution in [1.82, 2.24) is 10.3 Å². The Morgan fingerprint density at radius 3 is 2.14 bits per heavy atom. The Morgan fingerprint density at radius 2 is 1.57 bits per heavy atom. The van der Waals surface area contributed by atoms with Crippen molar-refractivity contribution < 1.29 is 23.1 Å². The van der Waals surface area contributed by atoms with E-state index in [9.17, 15) is 18.4 Å². The molecule has 2 aromatic carbocycles. The highest BCUT2D eigenvalue weighted by atomic mass is 19.1. The molecule has 0 atom stereocenters. The first kappa shape index (κ1) is 19.0. The topological polar surface area (TPSA) is 80.3 Å². The summed E-state index contributed by atoms with van der Waals surface area (Å²) in [7, 11) is 1.58. The summed E-state index contributed by atoms with van der Waals surface area (Å²) >= 11 is 0. The second-order valence-corrected chi connectivity index (χ2v) is 5.67. The largest absolute Gasteiger partial charge is 0.497 e. The average Bonchev–Trinajstić information content (AvgIpc) is 2.68. The lowest BCUT2D eigenvalue weighted by Gasteiger charge is -2.08. The van der Waals surface area contributed by atoms with Crippen LogP contribution in [0.4, 0.5) is 19.4 Å². The number of anilines is 1. The van der Waals surface area contributed by atoms with Crippen molar-refractivity contribution in [1.29, 1.82) is 0 Å². The van der Waals surface area contributed by atoms with Crippen LogP contribution in [0.5, 0.6) is 5.75 Å². The SMILES string of the molecule is COc1ccc(-c2ccc(NC(=O)NC(=O)c3c(F)cccc3F)nc2)cc1. The molecule has 3 rings (SSSR count). The van der Waals surface area contributed by atoms with E-state index in [1.54, 1.807) is 13.2 Å². The number of pyridine rings is 1. The Hall–Kier alpha value is -3.81. The van der Waals surface area contributed by atoms with Gasteiger partial charge in [0.1, 0.15) is 28.8 Å². The molecule has 2 N–H and O–H groups in total. The van der Waals surface area contributed by atoms with Gasteiger partial charge in [-0.1, -0.05) is 18.2 Å². The third kappa shape index (κ3) is 4.29. The number of hydrogen-bond acceptors (Lipinski definition) is 4. The van der Waals surface area contributed by atoms with E-state index in [0.29, 0.717) is 0 Å². The molecule has 8 heteroatoms. The van der Waals surface area contributed by atoms with Crippen LogP contribution in [0.1, 0.15) is 10.4 Å². The number of nitrogens with zero attached hydrogens (tertiary/aromatic N) is 1. The van der Waals surface area contributed by atoms with E-state index in [1.165, 1.54) is 12.3 Å². The van der Waals surface area contributed by atoms with Gasteiger partial charge in [0.05, 0.1) is 7.11 Å². The molecule has 0 aliphatic carbocycles. The molecule has 0 unspecified atom stereocenters. The predicted octanol–water partition coefficient (Wildman–Crippen LogP) is 4.00. The number of ether oxygens (including phenoxy) is 1. The van der Waals surface area contributed by atoms with Gasteiger partial charge in [0.25, 0.3) is 5.91 Å². The standard InChI is InChI=1S/C20H15F2N3O3/c1-28-14-8-5-12(6-9-14)13-7-10-17(23-11-13)24-20(27)25-19(26)18-15(21)3-2-4-16(18)22/h2-11H,1H3,(H2,23,24,25,26,27). The van der Waals surface area contributed by atoms with Crippen molar-refractivity contribution in [3.8, 4) is 16.9 Å². The van der Waals surface area contributed by atoms with E-state index in [-0.39, 0.29) is 5.82 Å². The van der Waals surface area contributed by atoms with Gasteiger partial charge in [0, 0.05) is 11.8 Å². The number of methoxy groups -OCH3 is 1. The molecule has 0 spiro atoms. The molecule has 1 aromatic heterocycles. The molecule has 142 valence electrons. The van der Waals surface area contributed by atoms with Gasteiger partial charge in [-0.15, -0.1) is 0 Å². The van der Waals surface area contributed by atoms with Gasteiger partial charge in [0.2, 0.25) is 0 Å². The summed E-state index contributed by atoms with van der Waals surface area (Å²) in [5.74, 6) is -2.43. The van der Waals surface area contributed by atoms with Crippen molar-refractivity contribution in [2.24, 2.45) is 0 Å². The van der Waals surface area contributed by atoms with E-state index >= 15 is 0 Å². The highest BCUT2D eigenvalue weighted by molar-refractivity contribution is 6.08. The van der Waals surface area contributed by atoms with Crippen molar-refractivity contribution >= 4 is 17.8 Å². The van der Waals surface area contributed by atoms with Crippen LogP contribution in [0.25, 0.3) is 11.1 Å². The molecule has 0 aliphatic heterocycles. The first-order valence-electron chi connectivity index (χ1n) is 8.15. The summed E-state index contributed by atoms with van der Waals surface area (Å²) in [4.78, 5) is 27.9. The monoisotopic (exact) mass is 383 g/mol. The van der Waals surface area contributed by atoms with Gasteiger partial charge >= 0.3 is 6.03 Å². The molecule has 6 nitrogen and oxygen atoms in total. The normalized spacial score (nSPS) is 10.2. The van der Waals surface area contributed by atoms with Crippen LogP contribution >= 0.6 is 0 Å². The minimum atomic E-state index is -1.19. The minimum absolute atomic E-state index is 0.163. The molecule has 0 saturated carbocycles. The van der Waals surface area contributed by atoms with Crippen molar-refractivity contribution in [2.75, 3.05) is 12.4 Å². The lowest BCUT2D eigenvalue weighted by molar-refractivity contribution is 0.0959. The smallest absolute Gasteiger partial charge is 0.327 e. The lowest BCUT2D eigenvalue weighted by Crippen LogP contribution is -2.35. The molecule has 0 radical (unpaired) electrons. The Balaban J connectivity index is 1.65. The molecule has 0 fully saturated rings. The number of halogens is 2. The second-order valence-electron chi connectivity index (χ2n) is 5.67. The van der Waals surface area contributed by atoms with Crippen LogP contribution in [0, 0.1) is 11.6 Å². The number of urea groups is 1. The molecular weight excluding hydrogens is 368 g/mol. The maximum atomic E-state index is 13.6. The fourth-order valence-corrected chi connectivity index (χ4v) is 2.45. The number of nitrogens with one attached hydrogen (secondary N) is 2. The zero-order valence-electron chi connectivity index (χ0n) is 14.7. The van der Waals surface area contributed by atoms with Crippen LogP contribution in [-0.4, -0.2) is 24.0 Å². The fourth-order valence-electron chi connectivity index (χ4n) is 2.45. The van der Waals surface area contributed by atoms with E-state index in [0.717, 1.165) is 35.1 Å². The van der Waals surface area contributed by atoms with Crippen molar-refractivity contribution in [3.05, 3.63) is 78.0 Å². The fraction of sp³-hybridized carbons (Fsp3) is 0.0500. The number of hydrogen-bond donors (Lipinski definition) is 2. The van der Waals surface area contributed by atoms with Gasteiger partial charge in [-0.05, 0) is 42.0 Å². The molecule has 3 aromatic rings. The molecule has 1 heterocycles. The van der Waals surface area contributed by atoms with Gasteiger partial charge in [-0.25, -0.2) is 18.6 Å². The Morgan fingerprint density at radius 1 is 0.929 bits per heavy atom. The molecule has 0 aliphatic rings. The van der Waals surface area contributed by atoms with Gasteiger partial charge in [-0.3, -0.25) is 15.4 Å². The second kappa shape index (κ2) is 8.26. The number of carbonyl (C=O) groups is 2. The van der Waals surface area contributed by atoms with E-state index in [1.807, 2.05) is 29.6 Å². The van der Waals surface area contributed by atoms with E-state index < -0.39 is 29.1 Å². The quantitative estimate of drug-likeness (QED) is 0.714. The predicted molar refractivity (Wildman–Crippen MR) is 99.1 cm³/mol. The van der Waals surface area contributed by atoms with Gasteiger partial charge < -0.3 is 4.74 Å². The lowest BCUT2D eigenvalue weighted by atomic mass is 10.1. The summed E-state index contributed by atoms with van der Waals surface area (Å²) in [6.07, 6.45) is 1.54. The Labute approximate surface area is 159 Å². The molecular formula is C20H15F2N3O3. The maximum Gasteiger partial charge on any atom is 0.327 e. The van der Waals surface area contributed by atoms with Crippen LogP contribution < -0.4 is 15.4 Å². The number of aromatic nitrogens is 1. The number of amides is 3. The highest BCUT2D eigenvalue weighted by Crippen LogP contribution is 2.22. The number of benzene rings is 2. The van der Waals surface area contributed by atoms with Crippen molar-refractivity contribution in [3.63, 3.8) is 0 Å². The molecule has 28 heavy (non-hydrogen) atoms. The van der Waals surface area contributed by atoms with Gasteiger partial charge in [0.15, 0.2) is 0 Å². The summed E-state index contributed by atoms with van der Waals surface area (Å²) in [6, 6.07) is 12.6. The van der Waals surface area contributed by atoms with Crippen LogP contribution in [0.2, 0.25) is 0 Å². The Kier molecular flexibility index (Phi) is 5.59. The first-order valence-corrected chi connectivity index (χ1v) is 8.15. The van der Waals surface area contributed by atoms with E-state index in [2.05, 4.69) is 10.3 Å². The summed E-state index contributed by atoms with van der Waals surface area (Å²) in [5.41, 5.74) is 0.869. The minimum Gasteiger partial charge on any atom is -0.497 e. The molecule has 0 bridgehead atoms. The van der Waals surface area contributed by atoms with Crippen molar-refractivity contribution in [2.45, 2.75) is 0 Å². The van der Waals surface area contributed by atoms with Gasteiger partial charge in [-0.2, -0.15) is 0 Å². The zero-order valence-corrected chi connectivity index (χ0v) is 14.7. The highest BCUT2D eigenvalue weighted by Gasteiger charge is 2.19. The van der Waals surface area contributed by atoms with Crippen LogP contribution in [0.15, 0.2) is 60.8 Å². The number of carbonyl (C=O) groups excluding carboxylic acids is 2. The number of rotatable bonds is 4. The van der Waals surface area contributed by atoms with Crippen LogP contribution in [-0.2, 0) is 0 Å². The third-order valence-corrected chi connectivity index (χ3v) is 3.85. The molecule has 0 saturated heterocycles. The van der Waals surface area contributed by atoms with E-state index in [4.69, 9.17) is 4.74 Å². The average molecular weight is 383 g/mol.